The molecule has 2 aromatic carbocycles. The zero-order valence-electron chi connectivity index (χ0n) is 12.3. The molecule has 21 heavy (non-hydrogen) atoms. The predicted molar refractivity (Wildman–Crippen MR) is 88.1 cm³/mol. The van der Waals surface area contributed by atoms with E-state index < -0.39 is 0 Å². The van der Waals surface area contributed by atoms with E-state index in [-0.39, 0.29) is 0 Å². The number of nitrogens with zero attached hydrogens (tertiary/aromatic N) is 1. The lowest BCUT2D eigenvalue weighted by atomic mass is 10.2. The van der Waals surface area contributed by atoms with E-state index in [0.717, 1.165) is 18.0 Å². The Hall–Kier alpha value is -1.93. The van der Waals surface area contributed by atoms with Gasteiger partial charge in [0.05, 0.1) is 10.7 Å². The van der Waals surface area contributed by atoms with Crippen molar-refractivity contribution >= 4 is 22.5 Å². The molecule has 1 aromatic heterocycles. The first-order valence-corrected chi connectivity index (χ1v) is 7.53. The van der Waals surface area contributed by atoms with Crippen LogP contribution in [0.4, 0.5) is 0 Å². The summed E-state index contributed by atoms with van der Waals surface area (Å²) < 4.78 is 8.16. The van der Waals surface area contributed by atoms with Gasteiger partial charge in [-0.3, -0.25) is 0 Å². The monoisotopic (exact) mass is 299 g/mol. The molecule has 0 saturated carbocycles. The van der Waals surface area contributed by atoms with Gasteiger partial charge in [-0.25, -0.2) is 0 Å². The number of hydrogen-bond donors (Lipinski definition) is 0. The van der Waals surface area contributed by atoms with Crippen molar-refractivity contribution in [1.29, 1.82) is 0 Å². The van der Waals surface area contributed by atoms with Crippen LogP contribution in [0.2, 0.25) is 5.02 Å². The van der Waals surface area contributed by atoms with E-state index in [0.29, 0.717) is 11.6 Å². The molecule has 0 spiro atoms. The Balaban J connectivity index is 1.92. The van der Waals surface area contributed by atoms with Crippen LogP contribution in [0.3, 0.4) is 0 Å². The van der Waals surface area contributed by atoms with E-state index in [1.54, 1.807) is 0 Å². The molecular formula is C18H18ClNO. The Kier molecular flexibility index (Phi) is 3.89. The van der Waals surface area contributed by atoms with E-state index in [4.69, 9.17) is 16.3 Å². The molecule has 0 amide bonds. The van der Waals surface area contributed by atoms with Crippen LogP contribution in [-0.2, 0) is 13.2 Å². The van der Waals surface area contributed by atoms with Gasteiger partial charge < -0.3 is 9.30 Å². The third-order valence-electron chi connectivity index (χ3n) is 3.67. The molecule has 0 aliphatic heterocycles. The molecule has 2 nitrogen and oxygen atoms in total. The van der Waals surface area contributed by atoms with Crippen LogP contribution in [-0.4, -0.2) is 4.57 Å². The number of rotatable bonds is 4. The fourth-order valence-corrected chi connectivity index (χ4v) is 2.84. The fourth-order valence-electron chi connectivity index (χ4n) is 2.65. The topological polar surface area (TPSA) is 14.2 Å². The molecule has 3 rings (SSSR count). The Morgan fingerprint density at radius 3 is 2.67 bits per heavy atom. The summed E-state index contributed by atoms with van der Waals surface area (Å²) in [5.74, 6) is 0.725. The fraction of sp³-hybridized carbons (Fsp3) is 0.222. The Morgan fingerprint density at radius 1 is 1.10 bits per heavy atom. The van der Waals surface area contributed by atoms with E-state index in [9.17, 15) is 0 Å². The number of benzene rings is 2. The standard InChI is InChI=1S/C18H18ClNO/c1-3-20-15(11-14-10-13(2)8-9-17(14)20)12-21-18-7-5-4-6-16(18)19/h4-11H,3,12H2,1-2H3. The van der Waals surface area contributed by atoms with E-state index in [1.807, 2.05) is 24.3 Å². The minimum Gasteiger partial charge on any atom is -0.486 e. The Labute approximate surface area is 129 Å². The maximum absolute atomic E-state index is 6.13. The largest absolute Gasteiger partial charge is 0.486 e. The number of aryl methyl sites for hydroxylation is 2. The molecule has 0 aliphatic carbocycles. The summed E-state index contributed by atoms with van der Waals surface area (Å²) in [7, 11) is 0. The zero-order valence-corrected chi connectivity index (χ0v) is 13.0. The molecule has 0 unspecified atom stereocenters. The molecule has 1 heterocycles. The zero-order chi connectivity index (χ0) is 14.8. The average molecular weight is 300 g/mol. The van der Waals surface area contributed by atoms with Gasteiger partial charge >= 0.3 is 0 Å². The minimum atomic E-state index is 0.519. The number of halogens is 1. The van der Waals surface area contributed by atoms with Crippen molar-refractivity contribution in [1.82, 2.24) is 4.57 Å². The SMILES string of the molecule is CCn1c(COc2ccccc2Cl)cc2cc(C)ccc21. The molecule has 0 aliphatic rings. The van der Waals surface area contributed by atoms with Crippen molar-refractivity contribution in [3.63, 3.8) is 0 Å². The molecule has 0 bridgehead atoms. The van der Waals surface area contributed by atoms with Gasteiger partial charge in [-0.2, -0.15) is 0 Å². The van der Waals surface area contributed by atoms with Crippen LogP contribution in [0.15, 0.2) is 48.5 Å². The Bertz CT molecular complexity index is 776. The van der Waals surface area contributed by atoms with Gasteiger partial charge in [-0.05, 0) is 44.2 Å². The van der Waals surface area contributed by atoms with Gasteiger partial charge in [-0.1, -0.05) is 35.4 Å². The third kappa shape index (κ3) is 2.77. The molecule has 3 aromatic rings. The number of fused-ring (bicyclic) bond motifs is 1. The number of ether oxygens (including phenoxy) is 1. The molecular weight excluding hydrogens is 282 g/mol. The van der Waals surface area contributed by atoms with E-state index in [1.165, 1.54) is 16.5 Å². The van der Waals surface area contributed by atoms with E-state index in [2.05, 4.69) is 42.7 Å². The number of hydrogen-bond acceptors (Lipinski definition) is 1. The predicted octanol–water partition coefficient (Wildman–Crippen LogP) is 5.20. The average Bonchev–Trinajstić information content (AvgIpc) is 2.82. The highest BCUT2D eigenvalue weighted by atomic mass is 35.5. The van der Waals surface area contributed by atoms with Crippen LogP contribution in [0.5, 0.6) is 5.75 Å². The first kappa shape index (κ1) is 14.0. The molecule has 0 radical (unpaired) electrons. The molecule has 0 N–H and O–H groups in total. The van der Waals surface area contributed by atoms with Crippen molar-refractivity contribution in [3.8, 4) is 5.75 Å². The first-order valence-electron chi connectivity index (χ1n) is 7.15. The van der Waals surface area contributed by atoms with Crippen molar-refractivity contribution in [3.05, 3.63) is 64.8 Å². The van der Waals surface area contributed by atoms with Crippen LogP contribution in [0.1, 0.15) is 18.2 Å². The van der Waals surface area contributed by atoms with Gasteiger partial charge in [0, 0.05) is 17.4 Å². The molecule has 0 atom stereocenters. The molecule has 0 saturated heterocycles. The summed E-state index contributed by atoms with van der Waals surface area (Å²) in [4.78, 5) is 0. The summed E-state index contributed by atoms with van der Waals surface area (Å²) in [5.41, 5.74) is 3.69. The normalized spacial score (nSPS) is 11.0. The summed E-state index contributed by atoms with van der Waals surface area (Å²) in [6, 6.07) is 16.3. The highest BCUT2D eigenvalue weighted by molar-refractivity contribution is 6.32. The maximum Gasteiger partial charge on any atom is 0.138 e. The lowest BCUT2D eigenvalue weighted by Crippen LogP contribution is -2.04. The first-order chi connectivity index (χ1) is 10.2. The molecule has 3 heteroatoms. The summed E-state index contributed by atoms with van der Waals surface area (Å²) in [5, 5.41) is 1.90. The van der Waals surface area contributed by atoms with Gasteiger partial charge in [0.1, 0.15) is 12.4 Å². The maximum atomic E-state index is 6.13. The van der Waals surface area contributed by atoms with Crippen molar-refractivity contribution in [2.24, 2.45) is 0 Å². The Morgan fingerprint density at radius 2 is 1.90 bits per heavy atom. The van der Waals surface area contributed by atoms with Crippen molar-refractivity contribution in [2.75, 3.05) is 0 Å². The van der Waals surface area contributed by atoms with Crippen molar-refractivity contribution in [2.45, 2.75) is 27.0 Å². The second-order valence-corrected chi connectivity index (χ2v) is 5.57. The summed E-state index contributed by atoms with van der Waals surface area (Å²) >= 11 is 6.13. The van der Waals surface area contributed by atoms with Crippen molar-refractivity contribution < 1.29 is 4.74 Å². The lowest BCUT2D eigenvalue weighted by Gasteiger charge is -2.10. The van der Waals surface area contributed by atoms with Gasteiger partial charge in [0.15, 0.2) is 0 Å². The summed E-state index contributed by atoms with van der Waals surface area (Å²) in [6.45, 7) is 5.71. The van der Waals surface area contributed by atoms with Gasteiger partial charge in [-0.15, -0.1) is 0 Å². The highest BCUT2D eigenvalue weighted by Gasteiger charge is 2.09. The van der Waals surface area contributed by atoms with E-state index >= 15 is 0 Å². The van der Waals surface area contributed by atoms with Crippen LogP contribution in [0.25, 0.3) is 10.9 Å². The van der Waals surface area contributed by atoms with Gasteiger partial charge in [0.25, 0.3) is 0 Å². The number of aromatic nitrogens is 1. The molecule has 0 fully saturated rings. The highest BCUT2D eigenvalue weighted by Crippen LogP contribution is 2.26. The van der Waals surface area contributed by atoms with Gasteiger partial charge in [0.2, 0.25) is 0 Å². The second kappa shape index (κ2) is 5.82. The lowest BCUT2D eigenvalue weighted by molar-refractivity contribution is 0.296. The molecule has 108 valence electrons. The smallest absolute Gasteiger partial charge is 0.138 e. The minimum absolute atomic E-state index is 0.519. The second-order valence-electron chi connectivity index (χ2n) is 5.16. The summed E-state index contributed by atoms with van der Waals surface area (Å²) in [6.07, 6.45) is 0. The van der Waals surface area contributed by atoms with Crippen LogP contribution in [0, 0.1) is 6.92 Å². The third-order valence-corrected chi connectivity index (χ3v) is 3.98. The number of para-hydroxylation sites is 1. The van der Waals surface area contributed by atoms with Crippen LogP contribution < -0.4 is 4.74 Å². The van der Waals surface area contributed by atoms with Crippen LogP contribution >= 0.6 is 11.6 Å². The quantitative estimate of drug-likeness (QED) is 0.645.